The van der Waals surface area contributed by atoms with Crippen molar-refractivity contribution in [1.29, 1.82) is 0 Å². The minimum absolute atomic E-state index is 0.314. The van der Waals surface area contributed by atoms with E-state index in [1.54, 1.807) is 0 Å². The van der Waals surface area contributed by atoms with Crippen LogP contribution < -0.4 is 0 Å². The Morgan fingerprint density at radius 1 is 1.00 bits per heavy atom. The highest BCUT2D eigenvalue weighted by molar-refractivity contribution is 6.69. The highest BCUT2D eigenvalue weighted by Gasteiger charge is 2.52. The summed E-state index contributed by atoms with van der Waals surface area (Å²) in [6.45, 7) is 6.98. The molecule has 2 aliphatic rings. The third-order valence-corrected chi connectivity index (χ3v) is 4.60. The predicted octanol–water partition coefficient (Wildman–Crippen LogP) is 3.16. The van der Waals surface area contributed by atoms with Crippen LogP contribution in [0.15, 0.2) is 0 Å². The lowest BCUT2D eigenvalue weighted by Gasteiger charge is -2.45. The maximum Gasteiger partial charge on any atom is 0.265 e. The van der Waals surface area contributed by atoms with Gasteiger partial charge in [0.05, 0.1) is 13.2 Å². The first-order chi connectivity index (χ1) is 8.27. The van der Waals surface area contributed by atoms with E-state index in [9.17, 15) is 8.78 Å². The highest BCUT2D eigenvalue weighted by Crippen LogP contribution is 2.45. The van der Waals surface area contributed by atoms with Crippen LogP contribution >= 0.6 is 0 Å². The summed E-state index contributed by atoms with van der Waals surface area (Å²) in [6, 6.07) is 0. The van der Waals surface area contributed by atoms with Crippen molar-refractivity contribution in [3.63, 3.8) is 0 Å². The minimum Gasteiger partial charge on any atom is -0.406 e. The van der Waals surface area contributed by atoms with Crippen LogP contribution in [0.25, 0.3) is 0 Å². The zero-order valence-corrected chi connectivity index (χ0v) is 12.3. The molecule has 0 aromatic rings. The largest absolute Gasteiger partial charge is 0.406 e. The van der Waals surface area contributed by atoms with E-state index in [0.717, 1.165) is 0 Å². The lowest BCUT2D eigenvalue weighted by Crippen LogP contribution is -2.53. The highest BCUT2D eigenvalue weighted by atomic mass is 28.4. The van der Waals surface area contributed by atoms with Crippen molar-refractivity contribution in [1.82, 2.24) is 0 Å². The Bertz CT molecular complexity index is 288. The number of hydrogen-bond donors (Lipinski definition) is 0. The Balaban J connectivity index is 2.06. The van der Waals surface area contributed by atoms with Crippen molar-refractivity contribution in [2.75, 3.05) is 13.2 Å². The van der Waals surface area contributed by atoms with Gasteiger partial charge in [-0.1, -0.05) is 0 Å². The Labute approximate surface area is 108 Å². The van der Waals surface area contributed by atoms with E-state index in [-0.39, 0.29) is 0 Å². The van der Waals surface area contributed by atoms with Crippen molar-refractivity contribution < 1.29 is 22.7 Å². The van der Waals surface area contributed by atoms with Gasteiger partial charge in [-0.15, -0.1) is 0 Å². The van der Waals surface area contributed by atoms with Crippen LogP contribution in [0.1, 0.15) is 25.7 Å². The second-order valence-corrected chi connectivity index (χ2v) is 10.6. The third kappa shape index (κ3) is 2.92. The summed E-state index contributed by atoms with van der Waals surface area (Å²) in [5.74, 6) is -0.610. The fourth-order valence-electron chi connectivity index (χ4n) is 2.81. The van der Waals surface area contributed by atoms with Crippen LogP contribution in [-0.2, 0) is 13.9 Å². The van der Waals surface area contributed by atoms with Gasteiger partial charge in [-0.05, 0) is 32.5 Å². The maximum atomic E-state index is 13.4. The predicted molar refractivity (Wildman–Crippen MR) is 66.3 cm³/mol. The van der Waals surface area contributed by atoms with Gasteiger partial charge in [-0.25, -0.2) is 8.78 Å². The summed E-state index contributed by atoms with van der Waals surface area (Å²) in [5.41, 5.74) is -1.29. The third-order valence-electron chi connectivity index (χ3n) is 3.58. The van der Waals surface area contributed by atoms with E-state index in [4.69, 9.17) is 13.9 Å². The van der Waals surface area contributed by atoms with Crippen LogP contribution in [0.4, 0.5) is 8.78 Å². The molecule has 18 heavy (non-hydrogen) atoms. The van der Waals surface area contributed by atoms with Gasteiger partial charge in [0.15, 0.2) is 14.1 Å². The fraction of sp³-hybridized carbons (Fsp3) is 1.00. The molecular weight excluding hydrogens is 258 g/mol. The van der Waals surface area contributed by atoms with Crippen LogP contribution in [0.5, 0.6) is 0 Å². The summed E-state index contributed by atoms with van der Waals surface area (Å²) in [7, 11) is -1.99. The molecule has 0 radical (unpaired) electrons. The number of rotatable bonds is 3. The molecule has 106 valence electrons. The molecule has 0 amide bonds. The minimum atomic E-state index is -2.44. The summed E-state index contributed by atoms with van der Waals surface area (Å²) in [4.78, 5) is 0. The molecular formula is C12H22F2O3Si. The summed E-state index contributed by atoms with van der Waals surface area (Å²) < 4.78 is 43.7. The first-order valence-electron chi connectivity index (χ1n) is 6.53. The van der Waals surface area contributed by atoms with Gasteiger partial charge < -0.3 is 13.9 Å². The summed E-state index contributed by atoms with van der Waals surface area (Å²) in [6.07, 6.45) is -0.809. The summed E-state index contributed by atoms with van der Waals surface area (Å²) >= 11 is 0. The van der Waals surface area contributed by atoms with Gasteiger partial charge in [-0.2, -0.15) is 0 Å². The van der Waals surface area contributed by atoms with Crippen molar-refractivity contribution in [2.24, 2.45) is 0 Å². The van der Waals surface area contributed by atoms with Gasteiger partial charge in [0, 0.05) is 12.8 Å². The Morgan fingerprint density at radius 3 is 1.89 bits per heavy atom. The van der Waals surface area contributed by atoms with E-state index in [0.29, 0.717) is 38.9 Å². The zero-order chi connectivity index (χ0) is 13.4. The molecule has 6 heteroatoms. The SMILES string of the molecule is C[Si](C)(C)OC1(C(F)F)CCC2(CC1)OCCO2. The van der Waals surface area contributed by atoms with Gasteiger partial charge in [-0.3, -0.25) is 0 Å². The molecule has 0 N–H and O–H groups in total. The maximum absolute atomic E-state index is 13.4. The molecule has 0 atom stereocenters. The van der Waals surface area contributed by atoms with Gasteiger partial charge in [0.1, 0.15) is 5.60 Å². The molecule has 1 spiro atoms. The Hall–Kier alpha value is -0.0431. The zero-order valence-electron chi connectivity index (χ0n) is 11.3. The molecule has 2 rings (SSSR count). The van der Waals surface area contributed by atoms with Crippen molar-refractivity contribution >= 4 is 8.32 Å². The molecule has 1 saturated heterocycles. The molecule has 0 aromatic heterocycles. The van der Waals surface area contributed by atoms with E-state index in [1.807, 2.05) is 19.6 Å². The normalized spacial score (nSPS) is 27.0. The molecule has 1 aliphatic heterocycles. The first kappa shape index (κ1) is 14.4. The second-order valence-electron chi connectivity index (χ2n) is 6.19. The summed E-state index contributed by atoms with van der Waals surface area (Å²) in [5, 5.41) is 0. The average molecular weight is 280 g/mol. The fourth-order valence-corrected chi connectivity index (χ4v) is 4.33. The van der Waals surface area contributed by atoms with Crippen LogP contribution in [0.2, 0.25) is 19.6 Å². The van der Waals surface area contributed by atoms with E-state index < -0.39 is 26.1 Å². The monoisotopic (exact) mass is 280 g/mol. The topological polar surface area (TPSA) is 27.7 Å². The molecule has 1 saturated carbocycles. The molecule has 1 heterocycles. The van der Waals surface area contributed by atoms with Crippen LogP contribution in [-0.4, -0.2) is 39.3 Å². The van der Waals surface area contributed by atoms with Gasteiger partial charge >= 0.3 is 0 Å². The number of ether oxygens (including phenoxy) is 2. The van der Waals surface area contributed by atoms with E-state index >= 15 is 0 Å². The Morgan fingerprint density at radius 2 is 1.50 bits per heavy atom. The van der Waals surface area contributed by atoms with Crippen LogP contribution in [0.3, 0.4) is 0 Å². The smallest absolute Gasteiger partial charge is 0.265 e. The lowest BCUT2D eigenvalue weighted by atomic mass is 9.81. The molecule has 2 fully saturated rings. The first-order valence-corrected chi connectivity index (χ1v) is 9.94. The van der Waals surface area contributed by atoms with Crippen molar-refractivity contribution in [3.8, 4) is 0 Å². The van der Waals surface area contributed by atoms with Crippen molar-refractivity contribution in [3.05, 3.63) is 0 Å². The average Bonchev–Trinajstić information content (AvgIpc) is 2.69. The number of halogens is 2. The second kappa shape index (κ2) is 4.81. The molecule has 3 nitrogen and oxygen atoms in total. The lowest BCUT2D eigenvalue weighted by molar-refractivity contribution is -0.217. The van der Waals surface area contributed by atoms with Gasteiger partial charge in [0.25, 0.3) is 6.43 Å². The van der Waals surface area contributed by atoms with E-state index in [1.165, 1.54) is 0 Å². The van der Waals surface area contributed by atoms with Gasteiger partial charge in [0.2, 0.25) is 0 Å². The van der Waals surface area contributed by atoms with Crippen molar-refractivity contribution in [2.45, 2.75) is 63.1 Å². The van der Waals surface area contributed by atoms with E-state index in [2.05, 4.69) is 0 Å². The molecule has 0 aromatic carbocycles. The Kier molecular flexibility index (Phi) is 3.84. The number of alkyl halides is 2. The molecule has 0 bridgehead atoms. The standard InChI is InChI=1S/C12H22F2O3Si/c1-18(2,3)17-11(10(13)14)4-6-12(7-5-11)15-8-9-16-12/h10H,4-9H2,1-3H3. The molecule has 0 unspecified atom stereocenters. The molecule has 1 aliphatic carbocycles. The van der Waals surface area contributed by atoms with Crippen LogP contribution in [0, 0.1) is 0 Å². The number of hydrogen-bond acceptors (Lipinski definition) is 3. The quantitative estimate of drug-likeness (QED) is 0.743.